The number of amides is 1. The second kappa shape index (κ2) is 7.11. The number of carbonyl (C=O) groups is 1. The molecule has 4 aromatic rings. The van der Waals surface area contributed by atoms with Gasteiger partial charge in [-0.1, -0.05) is 30.3 Å². The third kappa shape index (κ3) is 3.18. The van der Waals surface area contributed by atoms with Crippen LogP contribution in [0.4, 0.5) is 0 Å². The van der Waals surface area contributed by atoms with E-state index in [0.717, 1.165) is 11.3 Å². The summed E-state index contributed by atoms with van der Waals surface area (Å²) in [5.74, 6) is -0.382. The monoisotopic (exact) mass is 374 g/mol. The molecule has 1 atom stereocenters. The van der Waals surface area contributed by atoms with Gasteiger partial charge in [0.2, 0.25) is 0 Å². The van der Waals surface area contributed by atoms with E-state index in [-0.39, 0.29) is 17.5 Å². The van der Waals surface area contributed by atoms with Crippen LogP contribution in [-0.2, 0) is 0 Å². The SMILES string of the molecule is C[C@@H](c1ccc(-n2cncn2)cc1)N(C)C(=O)c1cc2ccccc2oc1=O. The number of carbonyl (C=O) groups excluding carboxylic acids is 1. The van der Waals surface area contributed by atoms with Gasteiger partial charge < -0.3 is 9.32 Å². The van der Waals surface area contributed by atoms with Crippen molar-refractivity contribution in [1.29, 1.82) is 0 Å². The van der Waals surface area contributed by atoms with Crippen LogP contribution >= 0.6 is 0 Å². The van der Waals surface area contributed by atoms with Gasteiger partial charge in [0.1, 0.15) is 23.8 Å². The normalized spacial score (nSPS) is 12.1. The smallest absolute Gasteiger partial charge is 0.349 e. The average Bonchev–Trinajstić information content (AvgIpc) is 3.26. The highest BCUT2D eigenvalue weighted by molar-refractivity contribution is 5.96. The number of hydrogen-bond donors (Lipinski definition) is 0. The van der Waals surface area contributed by atoms with Crippen molar-refractivity contribution in [2.75, 3.05) is 7.05 Å². The fourth-order valence-electron chi connectivity index (χ4n) is 3.05. The first-order valence-electron chi connectivity index (χ1n) is 8.79. The number of fused-ring (bicyclic) bond motifs is 1. The Morgan fingerprint density at radius 3 is 2.61 bits per heavy atom. The first-order valence-corrected chi connectivity index (χ1v) is 8.79. The molecule has 0 saturated carbocycles. The predicted molar refractivity (Wildman–Crippen MR) is 104 cm³/mol. The maximum atomic E-state index is 12.9. The molecule has 7 heteroatoms. The molecule has 0 radical (unpaired) electrons. The average molecular weight is 374 g/mol. The van der Waals surface area contributed by atoms with Crippen LogP contribution in [0.3, 0.4) is 0 Å². The molecule has 0 fully saturated rings. The van der Waals surface area contributed by atoms with Gasteiger partial charge in [0.15, 0.2) is 0 Å². The van der Waals surface area contributed by atoms with E-state index in [1.807, 2.05) is 37.3 Å². The van der Waals surface area contributed by atoms with Crippen molar-refractivity contribution in [1.82, 2.24) is 19.7 Å². The number of aromatic nitrogens is 3. The number of hydrogen-bond acceptors (Lipinski definition) is 5. The van der Waals surface area contributed by atoms with Crippen molar-refractivity contribution in [3.05, 3.63) is 88.8 Å². The highest BCUT2D eigenvalue weighted by Gasteiger charge is 2.22. The molecular weight excluding hydrogens is 356 g/mol. The molecule has 140 valence electrons. The van der Waals surface area contributed by atoms with Crippen LogP contribution in [0, 0.1) is 0 Å². The zero-order valence-electron chi connectivity index (χ0n) is 15.4. The van der Waals surface area contributed by atoms with Gasteiger partial charge in [-0.2, -0.15) is 5.10 Å². The van der Waals surface area contributed by atoms with E-state index in [1.54, 1.807) is 42.3 Å². The lowest BCUT2D eigenvalue weighted by Gasteiger charge is -2.25. The maximum Gasteiger partial charge on any atom is 0.349 e. The Morgan fingerprint density at radius 1 is 1.14 bits per heavy atom. The van der Waals surface area contributed by atoms with E-state index < -0.39 is 5.63 Å². The van der Waals surface area contributed by atoms with Crippen LogP contribution in [0.1, 0.15) is 28.9 Å². The molecule has 0 aliphatic carbocycles. The Kier molecular flexibility index (Phi) is 4.49. The summed E-state index contributed by atoms with van der Waals surface area (Å²) in [7, 11) is 1.67. The number of para-hydroxylation sites is 1. The van der Waals surface area contributed by atoms with Crippen molar-refractivity contribution in [3.63, 3.8) is 0 Å². The van der Waals surface area contributed by atoms with Crippen LogP contribution in [-0.4, -0.2) is 32.6 Å². The van der Waals surface area contributed by atoms with Gasteiger partial charge in [-0.15, -0.1) is 0 Å². The van der Waals surface area contributed by atoms with Crippen LogP contribution in [0.25, 0.3) is 16.7 Å². The molecule has 7 nitrogen and oxygen atoms in total. The lowest BCUT2D eigenvalue weighted by Crippen LogP contribution is -2.32. The Labute approximate surface area is 160 Å². The summed E-state index contributed by atoms with van der Waals surface area (Å²) < 4.78 is 6.94. The third-order valence-electron chi connectivity index (χ3n) is 4.83. The first kappa shape index (κ1) is 17.7. The highest BCUT2D eigenvalue weighted by atomic mass is 16.4. The Hall–Kier alpha value is -3.74. The minimum atomic E-state index is -0.635. The molecule has 0 aliphatic rings. The van der Waals surface area contributed by atoms with Crippen molar-refractivity contribution in [3.8, 4) is 5.69 Å². The van der Waals surface area contributed by atoms with Gasteiger partial charge in [0, 0.05) is 12.4 Å². The second-order valence-electron chi connectivity index (χ2n) is 6.51. The zero-order valence-corrected chi connectivity index (χ0v) is 15.4. The summed E-state index contributed by atoms with van der Waals surface area (Å²) in [5, 5.41) is 4.81. The van der Waals surface area contributed by atoms with Crippen molar-refractivity contribution in [2.24, 2.45) is 0 Å². The molecule has 0 bridgehead atoms. The number of benzene rings is 2. The maximum absolute atomic E-state index is 12.9. The van der Waals surface area contributed by atoms with Crippen molar-refractivity contribution >= 4 is 16.9 Å². The molecule has 2 aromatic carbocycles. The second-order valence-corrected chi connectivity index (χ2v) is 6.51. The lowest BCUT2D eigenvalue weighted by atomic mass is 10.1. The minimum Gasteiger partial charge on any atom is -0.422 e. The van der Waals surface area contributed by atoms with Crippen molar-refractivity contribution in [2.45, 2.75) is 13.0 Å². The van der Waals surface area contributed by atoms with Crippen LogP contribution < -0.4 is 5.63 Å². The summed E-state index contributed by atoms with van der Waals surface area (Å²) in [4.78, 5) is 30.7. The summed E-state index contributed by atoms with van der Waals surface area (Å²) in [5.41, 5.74) is 1.66. The van der Waals surface area contributed by atoms with Gasteiger partial charge in [-0.25, -0.2) is 14.5 Å². The summed E-state index contributed by atoms with van der Waals surface area (Å²) >= 11 is 0. The quantitative estimate of drug-likeness (QED) is 0.512. The largest absolute Gasteiger partial charge is 0.422 e. The van der Waals surface area contributed by atoms with E-state index in [2.05, 4.69) is 10.1 Å². The van der Waals surface area contributed by atoms with Crippen LogP contribution in [0.15, 0.2) is 76.5 Å². The lowest BCUT2D eigenvalue weighted by molar-refractivity contribution is 0.0738. The Bertz CT molecular complexity index is 1180. The molecule has 4 rings (SSSR count). The van der Waals surface area contributed by atoms with E-state index in [4.69, 9.17) is 4.42 Å². The van der Waals surface area contributed by atoms with E-state index in [9.17, 15) is 9.59 Å². The Balaban J connectivity index is 1.60. The van der Waals surface area contributed by atoms with Crippen LogP contribution in [0.5, 0.6) is 0 Å². The number of rotatable bonds is 4. The predicted octanol–water partition coefficient (Wildman–Crippen LogP) is 3.21. The van der Waals surface area contributed by atoms with E-state index in [1.165, 1.54) is 11.2 Å². The molecule has 0 unspecified atom stereocenters. The van der Waals surface area contributed by atoms with Gasteiger partial charge in [0.25, 0.3) is 5.91 Å². The molecule has 0 spiro atoms. The summed E-state index contributed by atoms with van der Waals surface area (Å²) in [6.45, 7) is 1.91. The summed E-state index contributed by atoms with van der Waals surface area (Å²) in [6, 6.07) is 16.1. The molecule has 2 aromatic heterocycles. The standard InChI is InChI=1S/C21H18N4O3/c1-14(15-7-9-17(10-8-15)25-13-22-12-23-25)24(2)20(26)18-11-16-5-3-4-6-19(16)28-21(18)27/h3-14H,1-2H3/t14-/m0/s1. The molecule has 2 heterocycles. The molecular formula is C21H18N4O3. The van der Waals surface area contributed by atoms with Gasteiger partial charge in [0.05, 0.1) is 11.7 Å². The van der Waals surface area contributed by atoms with Gasteiger partial charge in [-0.3, -0.25) is 4.79 Å². The molecule has 0 saturated heterocycles. The molecule has 28 heavy (non-hydrogen) atoms. The van der Waals surface area contributed by atoms with Gasteiger partial charge in [-0.05, 0) is 36.8 Å². The van der Waals surface area contributed by atoms with Crippen LogP contribution in [0.2, 0.25) is 0 Å². The summed E-state index contributed by atoms with van der Waals surface area (Å²) in [6.07, 6.45) is 3.09. The topological polar surface area (TPSA) is 81.2 Å². The van der Waals surface area contributed by atoms with Crippen molar-refractivity contribution < 1.29 is 9.21 Å². The van der Waals surface area contributed by atoms with E-state index >= 15 is 0 Å². The fraction of sp³-hybridized carbons (Fsp3) is 0.143. The fourth-order valence-corrected chi connectivity index (χ4v) is 3.05. The first-order chi connectivity index (χ1) is 13.5. The van der Waals surface area contributed by atoms with E-state index in [0.29, 0.717) is 11.0 Å². The molecule has 1 amide bonds. The molecule has 0 N–H and O–H groups in total. The number of nitrogens with zero attached hydrogens (tertiary/aromatic N) is 4. The third-order valence-corrected chi connectivity index (χ3v) is 4.83. The molecule has 0 aliphatic heterocycles. The van der Waals surface area contributed by atoms with Gasteiger partial charge >= 0.3 is 5.63 Å². The minimum absolute atomic E-state index is 0.0206. The highest BCUT2D eigenvalue weighted by Crippen LogP contribution is 2.22. The zero-order chi connectivity index (χ0) is 19.7. The Morgan fingerprint density at radius 2 is 1.89 bits per heavy atom.